The Morgan fingerprint density at radius 1 is 1.23 bits per heavy atom. The maximum Gasteiger partial charge on any atom is 0.251 e. The van der Waals surface area contributed by atoms with Gasteiger partial charge in [0.2, 0.25) is 5.91 Å². The summed E-state index contributed by atoms with van der Waals surface area (Å²) in [5.74, 6) is -0.646. The topological polar surface area (TPSA) is 75.4 Å². The van der Waals surface area contributed by atoms with Gasteiger partial charge >= 0.3 is 0 Å². The van der Waals surface area contributed by atoms with Crippen molar-refractivity contribution in [2.24, 2.45) is 5.73 Å². The second-order valence-electron chi connectivity index (χ2n) is 5.31. The molecule has 6 heteroatoms. The summed E-state index contributed by atoms with van der Waals surface area (Å²) in [6.07, 6.45) is 0.953. The van der Waals surface area contributed by atoms with Crippen molar-refractivity contribution in [3.05, 3.63) is 52.4 Å². The van der Waals surface area contributed by atoms with Crippen molar-refractivity contribution in [2.75, 3.05) is 18.4 Å². The van der Waals surface area contributed by atoms with Gasteiger partial charge in [0.05, 0.1) is 12.1 Å². The summed E-state index contributed by atoms with van der Waals surface area (Å²) in [7, 11) is 0. The third-order valence-corrected chi connectivity index (χ3v) is 4.59. The van der Waals surface area contributed by atoms with Crippen LogP contribution in [0.2, 0.25) is 0 Å². The Balaban J connectivity index is 1.61. The van der Waals surface area contributed by atoms with Crippen LogP contribution < -0.4 is 11.1 Å². The number of nitrogens with one attached hydrogen (secondary N) is 1. The normalized spacial score (nSPS) is 14.4. The van der Waals surface area contributed by atoms with Crippen LogP contribution in [0.3, 0.4) is 0 Å². The third-order valence-electron chi connectivity index (χ3n) is 3.76. The number of carbonyl (C=O) groups excluding carboxylic acids is 2. The first-order chi connectivity index (χ1) is 10.6. The Hall–Kier alpha value is -2.18. The number of rotatable bonds is 4. The molecule has 2 heterocycles. The lowest BCUT2D eigenvalue weighted by Gasteiger charge is -2.28. The Kier molecular flexibility index (Phi) is 4.22. The van der Waals surface area contributed by atoms with Crippen LogP contribution in [-0.4, -0.2) is 29.8 Å². The third kappa shape index (κ3) is 3.18. The first-order valence-electron chi connectivity index (χ1n) is 7.10. The Morgan fingerprint density at radius 2 is 2.00 bits per heavy atom. The van der Waals surface area contributed by atoms with Crippen molar-refractivity contribution < 1.29 is 9.59 Å². The number of hydrogen-bond donors (Lipinski definition) is 2. The number of nitrogens with zero attached hydrogens (tertiary/aromatic N) is 1. The van der Waals surface area contributed by atoms with Gasteiger partial charge in [-0.15, -0.1) is 11.3 Å². The average Bonchev–Trinajstić information content (AvgIpc) is 2.95. The molecule has 1 aliphatic rings. The van der Waals surface area contributed by atoms with Crippen LogP contribution >= 0.6 is 11.3 Å². The SMILES string of the molecule is NC(=O)c1ccsc1NC(=O)CN1CCc2ccccc2C1. The van der Waals surface area contributed by atoms with Crippen LogP contribution in [-0.2, 0) is 17.8 Å². The first kappa shape index (κ1) is 14.7. The lowest BCUT2D eigenvalue weighted by molar-refractivity contribution is -0.117. The highest BCUT2D eigenvalue weighted by Gasteiger charge is 2.19. The minimum absolute atomic E-state index is 0.121. The summed E-state index contributed by atoms with van der Waals surface area (Å²) in [5, 5.41) is 5.05. The number of hydrogen-bond acceptors (Lipinski definition) is 4. The highest BCUT2D eigenvalue weighted by atomic mass is 32.1. The molecule has 1 aliphatic heterocycles. The van der Waals surface area contributed by atoms with Gasteiger partial charge in [0.25, 0.3) is 5.91 Å². The fraction of sp³-hybridized carbons (Fsp3) is 0.250. The lowest BCUT2D eigenvalue weighted by Crippen LogP contribution is -2.37. The summed E-state index contributed by atoms with van der Waals surface area (Å²) in [6, 6.07) is 9.93. The van der Waals surface area contributed by atoms with E-state index in [-0.39, 0.29) is 5.91 Å². The maximum absolute atomic E-state index is 12.2. The molecule has 1 aromatic heterocycles. The smallest absolute Gasteiger partial charge is 0.251 e. The monoisotopic (exact) mass is 315 g/mol. The molecule has 3 N–H and O–H groups in total. The highest BCUT2D eigenvalue weighted by Crippen LogP contribution is 2.23. The van der Waals surface area contributed by atoms with Crippen molar-refractivity contribution in [2.45, 2.75) is 13.0 Å². The fourth-order valence-electron chi connectivity index (χ4n) is 2.66. The molecule has 0 atom stereocenters. The van der Waals surface area contributed by atoms with E-state index in [0.717, 1.165) is 19.5 Å². The van der Waals surface area contributed by atoms with E-state index in [0.29, 0.717) is 17.1 Å². The van der Waals surface area contributed by atoms with Crippen molar-refractivity contribution in [3.63, 3.8) is 0 Å². The summed E-state index contributed by atoms with van der Waals surface area (Å²) < 4.78 is 0. The van der Waals surface area contributed by atoms with E-state index in [1.54, 1.807) is 11.4 Å². The molecule has 0 spiro atoms. The molecule has 0 aliphatic carbocycles. The molecule has 114 valence electrons. The van der Waals surface area contributed by atoms with Crippen molar-refractivity contribution in [1.29, 1.82) is 0 Å². The molecule has 5 nitrogen and oxygen atoms in total. The zero-order valence-corrected chi connectivity index (χ0v) is 12.9. The number of primary amides is 1. The molecule has 1 aromatic carbocycles. The van der Waals surface area contributed by atoms with Crippen molar-refractivity contribution in [3.8, 4) is 0 Å². The quantitative estimate of drug-likeness (QED) is 0.904. The number of carbonyl (C=O) groups is 2. The van der Waals surface area contributed by atoms with Gasteiger partial charge in [-0.3, -0.25) is 14.5 Å². The fourth-order valence-corrected chi connectivity index (χ4v) is 3.47. The highest BCUT2D eigenvalue weighted by molar-refractivity contribution is 7.14. The predicted octanol–water partition coefficient (Wildman–Crippen LogP) is 1.84. The number of benzene rings is 1. The number of anilines is 1. The van der Waals surface area contributed by atoms with Crippen molar-refractivity contribution >= 4 is 28.2 Å². The van der Waals surface area contributed by atoms with E-state index in [9.17, 15) is 9.59 Å². The minimum Gasteiger partial charge on any atom is -0.366 e. The summed E-state index contributed by atoms with van der Waals surface area (Å²) in [5.41, 5.74) is 8.27. The van der Waals surface area contributed by atoms with Gasteiger partial charge in [0.15, 0.2) is 0 Å². The van der Waals surface area contributed by atoms with E-state index in [1.807, 2.05) is 12.1 Å². The maximum atomic E-state index is 12.2. The largest absolute Gasteiger partial charge is 0.366 e. The van der Waals surface area contributed by atoms with E-state index < -0.39 is 5.91 Å². The number of nitrogens with two attached hydrogens (primary N) is 1. The minimum atomic E-state index is -0.525. The zero-order chi connectivity index (χ0) is 15.5. The lowest BCUT2D eigenvalue weighted by atomic mass is 10.00. The number of thiophene rings is 1. The molecule has 2 amide bonds. The average molecular weight is 315 g/mol. The van der Waals surface area contributed by atoms with Crippen molar-refractivity contribution in [1.82, 2.24) is 4.90 Å². The van der Waals surface area contributed by atoms with Gasteiger partial charge in [-0.2, -0.15) is 0 Å². The van der Waals surface area contributed by atoms with Gasteiger partial charge in [-0.05, 0) is 29.0 Å². The Labute approximate surface area is 132 Å². The molecule has 0 radical (unpaired) electrons. The van der Waals surface area contributed by atoms with Crippen LogP contribution in [0.25, 0.3) is 0 Å². The predicted molar refractivity (Wildman–Crippen MR) is 86.9 cm³/mol. The first-order valence-corrected chi connectivity index (χ1v) is 7.98. The van der Waals surface area contributed by atoms with Crippen LogP contribution in [0, 0.1) is 0 Å². The molecule has 22 heavy (non-hydrogen) atoms. The van der Waals surface area contributed by atoms with Crippen LogP contribution in [0.5, 0.6) is 0 Å². The van der Waals surface area contributed by atoms with Crippen LogP contribution in [0.15, 0.2) is 35.7 Å². The molecule has 0 fully saturated rings. The summed E-state index contributed by atoms with van der Waals surface area (Å²) >= 11 is 1.31. The van der Waals surface area contributed by atoms with Gasteiger partial charge in [-0.25, -0.2) is 0 Å². The zero-order valence-electron chi connectivity index (χ0n) is 12.0. The number of fused-ring (bicyclic) bond motifs is 1. The van der Waals surface area contributed by atoms with Crippen LogP contribution in [0.1, 0.15) is 21.5 Å². The number of amides is 2. The molecular weight excluding hydrogens is 298 g/mol. The molecule has 0 bridgehead atoms. The van der Waals surface area contributed by atoms with Gasteiger partial charge < -0.3 is 11.1 Å². The molecule has 2 aromatic rings. The van der Waals surface area contributed by atoms with E-state index >= 15 is 0 Å². The Bertz CT molecular complexity index is 711. The summed E-state index contributed by atoms with van der Waals surface area (Å²) in [4.78, 5) is 25.5. The van der Waals surface area contributed by atoms with E-state index in [2.05, 4.69) is 22.3 Å². The van der Waals surface area contributed by atoms with Gasteiger partial charge in [-0.1, -0.05) is 24.3 Å². The second-order valence-corrected chi connectivity index (χ2v) is 6.22. The van der Waals surface area contributed by atoms with E-state index in [1.165, 1.54) is 22.5 Å². The molecule has 0 unspecified atom stereocenters. The molecular formula is C16H17N3O2S. The van der Waals surface area contributed by atoms with E-state index in [4.69, 9.17) is 5.73 Å². The molecule has 0 saturated heterocycles. The van der Waals surface area contributed by atoms with Gasteiger partial charge in [0.1, 0.15) is 5.00 Å². The Morgan fingerprint density at radius 3 is 2.77 bits per heavy atom. The van der Waals surface area contributed by atoms with Gasteiger partial charge in [0, 0.05) is 13.1 Å². The molecule has 3 rings (SSSR count). The standard InChI is InChI=1S/C16H17N3O2S/c17-15(21)13-6-8-22-16(13)18-14(20)10-19-7-5-11-3-1-2-4-12(11)9-19/h1-4,6,8H,5,7,9-10H2,(H2,17,21)(H,18,20). The van der Waals surface area contributed by atoms with Crippen LogP contribution in [0.4, 0.5) is 5.00 Å². The summed E-state index contributed by atoms with van der Waals surface area (Å²) in [6.45, 7) is 1.94. The second kappa shape index (κ2) is 6.29. The molecule has 0 saturated carbocycles.